The van der Waals surface area contributed by atoms with Crippen LogP contribution in [0.1, 0.15) is 20.7 Å². The van der Waals surface area contributed by atoms with Gasteiger partial charge in [0.05, 0.1) is 16.8 Å². The normalized spacial score (nSPS) is 13.9. The standard InChI is InChI=1S/C8H6N2O4S/c11-7-4-2-1-3-5(10-15(13)14)6(4)8(12)9-7/h1-3,15H,(H,9,11,12)(H,10,13,14). The molecule has 0 saturated carbocycles. The number of amides is 2. The van der Waals surface area contributed by atoms with Crippen LogP contribution in [-0.4, -0.2) is 20.2 Å². The summed E-state index contributed by atoms with van der Waals surface area (Å²) in [5.41, 5.74) is 0.371. The van der Waals surface area contributed by atoms with E-state index in [1.165, 1.54) is 18.2 Å². The van der Waals surface area contributed by atoms with E-state index >= 15 is 0 Å². The summed E-state index contributed by atoms with van der Waals surface area (Å²) in [7, 11) is -2.86. The van der Waals surface area contributed by atoms with E-state index in [0.717, 1.165) is 0 Å². The lowest BCUT2D eigenvalue weighted by Crippen LogP contribution is -2.20. The second kappa shape index (κ2) is 3.35. The van der Waals surface area contributed by atoms with E-state index in [0.29, 0.717) is 0 Å². The Bertz CT molecular complexity index is 527. The molecule has 0 atom stereocenters. The van der Waals surface area contributed by atoms with E-state index in [2.05, 4.69) is 10.0 Å². The number of carbonyl (C=O) groups excluding carboxylic acids is 2. The average Bonchev–Trinajstić information content (AvgIpc) is 2.43. The molecule has 1 aromatic rings. The fourth-order valence-corrected chi connectivity index (χ4v) is 1.79. The fraction of sp³-hybridized carbons (Fsp3) is 0. The van der Waals surface area contributed by atoms with E-state index in [1.54, 1.807) is 0 Å². The summed E-state index contributed by atoms with van der Waals surface area (Å²) in [6.45, 7) is 0. The van der Waals surface area contributed by atoms with Gasteiger partial charge in [0.2, 0.25) is 10.9 Å². The first kappa shape index (κ1) is 9.66. The minimum Gasteiger partial charge on any atom is -0.288 e. The summed E-state index contributed by atoms with van der Waals surface area (Å²) in [4.78, 5) is 22.5. The van der Waals surface area contributed by atoms with Gasteiger partial charge in [0.15, 0.2) is 0 Å². The zero-order valence-electron chi connectivity index (χ0n) is 7.31. The number of nitrogens with one attached hydrogen (secondary N) is 2. The van der Waals surface area contributed by atoms with Gasteiger partial charge in [-0.15, -0.1) is 0 Å². The Morgan fingerprint density at radius 2 is 1.87 bits per heavy atom. The molecule has 6 nitrogen and oxygen atoms in total. The van der Waals surface area contributed by atoms with Crippen molar-refractivity contribution in [3.05, 3.63) is 29.3 Å². The summed E-state index contributed by atoms with van der Waals surface area (Å²) < 4.78 is 23.0. The van der Waals surface area contributed by atoms with Gasteiger partial charge in [-0.05, 0) is 12.1 Å². The van der Waals surface area contributed by atoms with Gasteiger partial charge in [0.1, 0.15) is 0 Å². The predicted octanol–water partition coefficient (Wildman–Crippen LogP) is -0.492. The molecule has 1 heterocycles. The molecule has 0 aliphatic carbocycles. The molecule has 7 heteroatoms. The van der Waals surface area contributed by atoms with Crippen molar-refractivity contribution in [1.82, 2.24) is 5.32 Å². The Balaban J connectivity index is 2.60. The highest BCUT2D eigenvalue weighted by atomic mass is 32.2. The highest BCUT2D eigenvalue weighted by Gasteiger charge is 2.29. The number of benzene rings is 1. The second-order valence-electron chi connectivity index (χ2n) is 2.88. The van der Waals surface area contributed by atoms with Crippen LogP contribution in [0.15, 0.2) is 18.2 Å². The van der Waals surface area contributed by atoms with Crippen LogP contribution in [0.25, 0.3) is 0 Å². The third kappa shape index (κ3) is 1.57. The smallest absolute Gasteiger partial charge is 0.261 e. The molecule has 2 amide bonds. The molecule has 0 saturated heterocycles. The highest BCUT2D eigenvalue weighted by Crippen LogP contribution is 2.23. The topological polar surface area (TPSA) is 92.3 Å². The van der Waals surface area contributed by atoms with Crippen LogP contribution >= 0.6 is 0 Å². The van der Waals surface area contributed by atoms with Crippen LogP contribution in [0.4, 0.5) is 5.69 Å². The van der Waals surface area contributed by atoms with Gasteiger partial charge in [0, 0.05) is 0 Å². The van der Waals surface area contributed by atoms with Crippen molar-refractivity contribution in [3.8, 4) is 0 Å². The summed E-state index contributed by atoms with van der Waals surface area (Å²) >= 11 is 0. The van der Waals surface area contributed by atoms with Gasteiger partial charge in [-0.3, -0.25) is 19.6 Å². The molecule has 0 bridgehead atoms. The molecule has 2 N–H and O–H groups in total. The Morgan fingerprint density at radius 3 is 2.53 bits per heavy atom. The van der Waals surface area contributed by atoms with Gasteiger partial charge in [0.25, 0.3) is 11.8 Å². The summed E-state index contributed by atoms with van der Waals surface area (Å²) in [6, 6.07) is 4.37. The lowest BCUT2D eigenvalue weighted by atomic mass is 10.1. The summed E-state index contributed by atoms with van der Waals surface area (Å²) in [6.07, 6.45) is 0. The first-order chi connectivity index (χ1) is 7.09. The maximum absolute atomic E-state index is 11.3. The van der Waals surface area contributed by atoms with E-state index in [4.69, 9.17) is 0 Å². The third-order valence-corrected chi connectivity index (χ3v) is 2.40. The van der Waals surface area contributed by atoms with Crippen molar-refractivity contribution in [2.75, 3.05) is 4.72 Å². The maximum atomic E-state index is 11.3. The van der Waals surface area contributed by atoms with E-state index in [-0.39, 0.29) is 16.8 Å². The minimum absolute atomic E-state index is 0.0710. The molecular formula is C8H6N2O4S. The van der Waals surface area contributed by atoms with Crippen molar-refractivity contribution in [2.45, 2.75) is 0 Å². The van der Waals surface area contributed by atoms with Gasteiger partial charge < -0.3 is 0 Å². The van der Waals surface area contributed by atoms with Crippen molar-refractivity contribution in [3.63, 3.8) is 0 Å². The van der Waals surface area contributed by atoms with Crippen LogP contribution in [0.2, 0.25) is 0 Å². The molecule has 0 spiro atoms. The van der Waals surface area contributed by atoms with Crippen LogP contribution < -0.4 is 10.0 Å². The molecule has 1 aliphatic rings. The monoisotopic (exact) mass is 226 g/mol. The van der Waals surface area contributed by atoms with Crippen LogP contribution in [0.5, 0.6) is 0 Å². The van der Waals surface area contributed by atoms with Crippen LogP contribution in [0, 0.1) is 0 Å². The third-order valence-electron chi connectivity index (χ3n) is 1.97. The number of fused-ring (bicyclic) bond motifs is 1. The van der Waals surface area contributed by atoms with Crippen molar-refractivity contribution in [1.29, 1.82) is 0 Å². The Kier molecular flexibility index (Phi) is 2.16. The van der Waals surface area contributed by atoms with Crippen molar-refractivity contribution < 1.29 is 18.0 Å². The van der Waals surface area contributed by atoms with Gasteiger partial charge in [-0.2, -0.15) is 0 Å². The fourth-order valence-electron chi connectivity index (χ4n) is 1.41. The van der Waals surface area contributed by atoms with Crippen LogP contribution in [-0.2, 0) is 10.9 Å². The van der Waals surface area contributed by atoms with Crippen molar-refractivity contribution >= 4 is 28.4 Å². The van der Waals surface area contributed by atoms with E-state index in [1.807, 2.05) is 0 Å². The second-order valence-corrected chi connectivity index (χ2v) is 3.62. The molecule has 1 aromatic carbocycles. The molecule has 1 aliphatic heterocycles. The molecule has 0 unspecified atom stereocenters. The lowest BCUT2D eigenvalue weighted by molar-refractivity contribution is 0.0880. The van der Waals surface area contributed by atoms with Gasteiger partial charge in [-0.1, -0.05) is 6.07 Å². The molecular weight excluding hydrogens is 220 g/mol. The minimum atomic E-state index is -2.86. The quantitative estimate of drug-likeness (QED) is 0.468. The molecule has 2 rings (SSSR count). The Hall–Kier alpha value is -1.89. The molecule has 0 aromatic heterocycles. The Morgan fingerprint density at radius 1 is 1.13 bits per heavy atom. The Labute approximate surface area is 86.4 Å². The zero-order chi connectivity index (χ0) is 11.0. The van der Waals surface area contributed by atoms with Crippen LogP contribution in [0.3, 0.4) is 0 Å². The van der Waals surface area contributed by atoms with E-state index in [9.17, 15) is 18.0 Å². The maximum Gasteiger partial charge on any atom is 0.261 e. The lowest BCUT2D eigenvalue weighted by Gasteiger charge is -2.02. The van der Waals surface area contributed by atoms with Crippen molar-refractivity contribution in [2.24, 2.45) is 0 Å². The number of anilines is 1. The predicted molar refractivity (Wildman–Crippen MR) is 52.2 cm³/mol. The number of carbonyl (C=O) groups is 2. The number of hydrogen-bond acceptors (Lipinski definition) is 4. The number of hydrogen-bond donors (Lipinski definition) is 3. The SMILES string of the molecule is O=C1NC(=O)c2c(N[SH](=O)=O)cccc21. The largest absolute Gasteiger partial charge is 0.288 e. The van der Waals surface area contributed by atoms with Gasteiger partial charge >= 0.3 is 0 Å². The average molecular weight is 226 g/mol. The number of imide groups is 1. The molecule has 78 valence electrons. The first-order valence-corrected chi connectivity index (χ1v) is 5.17. The van der Waals surface area contributed by atoms with E-state index < -0.39 is 22.7 Å². The molecule has 0 radical (unpaired) electrons. The molecule has 0 fully saturated rings. The number of rotatable bonds is 2. The highest BCUT2D eigenvalue weighted by molar-refractivity contribution is 7.73. The summed E-state index contributed by atoms with van der Waals surface area (Å²) in [5, 5.41) is 2.08. The molecule has 15 heavy (non-hydrogen) atoms. The first-order valence-electron chi connectivity index (χ1n) is 3.99. The number of thiol groups is 1. The zero-order valence-corrected chi connectivity index (χ0v) is 8.21. The van der Waals surface area contributed by atoms with Gasteiger partial charge in [-0.25, -0.2) is 8.42 Å². The summed E-state index contributed by atoms with van der Waals surface area (Å²) in [5.74, 6) is -1.10.